The number of ether oxygens (including phenoxy) is 2. The van der Waals surface area contributed by atoms with Crippen LogP contribution in [0.25, 0.3) is 0 Å². The number of anilines is 2. The van der Waals surface area contributed by atoms with Crippen LogP contribution < -0.4 is 9.04 Å². The molecule has 0 amide bonds. The lowest BCUT2D eigenvalue weighted by Crippen LogP contribution is -2.29. The van der Waals surface area contributed by atoms with Gasteiger partial charge in [-0.1, -0.05) is 42.5 Å². The number of halogens is 3. The quantitative estimate of drug-likeness (QED) is 0.476. The molecule has 0 bridgehead atoms. The number of sulfonamides is 1. The number of benzene rings is 3. The lowest BCUT2D eigenvalue weighted by Gasteiger charge is -2.27. The molecule has 1 aliphatic heterocycles. The van der Waals surface area contributed by atoms with Crippen molar-refractivity contribution in [2.75, 3.05) is 17.5 Å². The van der Waals surface area contributed by atoms with Gasteiger partial charge in [0.1, 0.15) is 28.9 Å². The zero-order valence-electron chi connectivity index (χ0n) is 16.1. The smallest absolute Gasteiger partial charge is 0.421 e. The van der Waals surface area contributed by atoms with E-state index in [0.717, 1.165) is 16.4 Å². The maximum absolute atomic E-state index is 14.1. The third kappa shape index (κ3) is 4.52. The molecule has 1 saturated heterocycles. The van der Waals surface area contributed by atoms with Gasteiger partial charge in [-0.3, -0.25) is 0 Å². The Morgan fingerprint density at radius 1 is 0.903 bits per heavy atom. The molecule has 3 aromatic carbocycles. The minimum Gasteiger partial charge on any atom is -0.490 e. The Morgan fingerprint density at radius 3 is 1.94 bits per heavy atom. The third-order valence-corrected chi connectivity index (χ3v) is 6.40. The van der Waals surface area contributed by atoms with E-state index in [9.17, 15) is 21.6 Å². The zero-order chi connectivity index (χ0) is 22.1. The van der Waals surface area contributed by atoms with E-state index >= 15 is 0 Å². The molecule has 162 valence electrons. The van der Waals surface area contributed by atoms with Gasteiger partial charge >= 0.3 is 6.18 Å². The van der Waals surface area contributed by atoms with Crippen LogP contribution in [0.1, 0.15) is 5.56 Å². The summed E-state index contributed by atoms with van der Waals surface area (Å²) >= 11 is 0. The van der Waals surface area contributed by atoms with Crippen molar-refractivity contribution < 1.29 is 31.1 Å². The van der Waals surface area contributed by atoms with E-state index in [1.54, 1.807) is 36.4 Å². The van der Waals surface area contributed by atoms with Crippen LogP contribution in [0.4, 0.5) is 24.5 Å². The fourth-order valence-electron chi connectivity index (χ4n) is 3.12. The molecular formula is C22H18F3NO4S. The first-order valence-corrected chi connectivity index (χ1v) is 10.8. The average molecular weight is 449 g/mol. The molecule has 5 nitrogen and oxygen atoms in total. The Hall–Kier alpha value is -3.04. The maximum atomic E-state index is 14.1. The van der Waals surface area contributed by atoms with Crippen LogP contribution in [0, 0.1) is 0 Å². The van der Waals surface area contributed by atoms with E-state index in [2.05, 4.69) is 0 Å². The minimum absolute atomic E-state index is 0.0896. The topological polar surface area (TPSA) is 59.1 Å². The molecule has 1 heterocycles. The van der Waals surface area contributed by atoms with Gasteiger partial charge in [-0.05, 0) is 36.4 Å². The molecule has 0 spiro atoms. The molecular weight excluding hydrogens is 431 g/mol. The number of alkyl halides is 3. The Balaban J connectivity index is 1.88. The highest BCUT2D eigenvalue weighted by Gasteiger charge is 2.43. The summed E-state index contributed by atoms with van der Waals surface area (Å²) in [7, 11) is -4.66. The molecule has 1 unspecified atom stereocenters. The Labute approximate surface area is 177 Å². The molecule has 31 heavy (non-hydrogen) atoms. The van der Waals surface area contributed by atoms with Crippen molar-refractivity contribution in [1.82, 2.24) is 0 Å². The van der Waals surface area contributed by atoms with E-state index in [-0.39, 0.29) is 24.1 Å². The number of nitrogens with zero attached hydrogens (tertiary/aromatic N) is 1. The summed E-state index contributed by atoms with van der Waals surface area (Å²) in [5, 5.41) is 0. The second kappa shape index (κ2) is 8.24. The lowest BCUT2D eigenvalue weighted by molar-refractivity contribution is -0.141. The average Bonchev–Trinajstić information content (AvgIpc) is 3.57. The van der Waals surface area contributed by atoms with Crippen molar-refractivity contribution in [3.63, 3.8) is 0 Å². The fourth-order valence-corrected chi connectivity index (χ4v) is 4.84. The van der Waals surface area contributed by atoms with Crippen LogP contribution in [0.2, 0.25) is 0 Å². The predicted molar refractivity (Wildman–Crippen MR) is 109 cm³/mol. The van der Waals surface area contributed by atoms with Gasteiger partial charge in [-0.25, -0.2) is 12.7 Å². The minimum atomic E-state index is -4.96. The highest BCUT2D eigenvalue weighted by atomic mass is 32.2. The molecule has 0 radical (unpaired) electrons. The van der Waals surface area contributed by atoms with Crippen LogP contribution in [0.3, 0.4) is 0 Å². The molecule has 0 aliphatic carbocycles. The molecule has 1 atom stereocenters. The van der Waals surface area contributed by atoms with Gasteiger partial charge in [0.15, 0.2) is 0 Å². The summed E-state index contributed by atoms with van der Waals surface area (Å²) in [5.74, 6) is -0.551. The Bertz CT molecular complexity index is 1110. The molecule has 0 N–H and O–H groups in total. The fraction of sp³-hybridized carbons (Fsp3) is 0.182. The maximum Gasteiger partial charge on any atom is 0.421 e. The first-order valence-electron chi connectivity index (χ1n) is 9.38. The largest absolute Gasteiger partial charge is 0.490 e. The molecule has 3 aromatic rings. The van der Waals surface area contributed by atoms with Crippen LogP contribution in [-0.4, -0.2) is 27.7 Å². The summed E-state index contributed by atoms with van der Waals surface area (Å²) in [4.78, 5) is -0.887. The molecule has 0 aromatic heterocycles. The monoisotopic (exact) mass is 449 g/mol. The predicted octanol–water partition coefficient (Wildman–Crippen LogP) is 5.01. The van der Waals surface area contributed by atoms with Gasteiger partial charge in [0.05, 0.1) is 18.0 Å². The van der Waals surface area contributed by atoms with Crippen LogP contribution in [-0.2, 0) is 20.9 Å². The van der Waals surface area contributed by atoms with Crippen molar-refractivity contribution in [2.24, 2.45) is 0 Å². The molecule has 1 aliphatic rings. The molecule has 0 saturated carbocycles. The van der Waals surface area contributed by atoms with E-state index in [1.165, 1.54) is 30.3 Å². The molecule has 1 fully saturated rings. The highest BCUT2D eigenvalue weighted by Crippen LogP contribution is 2.43. The van der Waals surface area contributed by atoms with Gasteiger partial charge in [-0.2, -0.15) is 13.2 Å². The third-order valence-electron chi connectivity index (χ3n) is 4.60. The summed E-state index contributed by atoms with van der Waals surface area (Å²) in [6, 6.07) is 19.2. The summed E-state index contributed by atoms with van der Waals surface area (Å²) < 4.78 is 80.6. The summed E-state index contributed by atoms with van der Waals surface area (Å²) in [5.41, 5.74) is -0.924. The Morgan fingerprint density at radius 2 is 1.45 bits per heavy atom. The first-order chi connectivity index (χ1) is 14.8. The number of para-hydroxylation sites is 2. The molecule has 9 heteroatoms. The van der Waals surface area contributed by atoms with Gasteiger partial charge < -0.3 is 9.47 Å². The van der Waals surface area contributed by atoms with Crippen molar-refractivity contribution in [3.8, 4) is 5.75 Å². The van der Waals surface area contributed by atoms with Crippen molar-refractivity contribution in [2.45, 2.75) is 17.2 Å². The van der Waals surface area contributed by atoms with Gasteiger partial charge in [0.25, 0.3) is 10.0 Å². The number of hydrogen-bond acceptors (Lipinski definition) is 4. The number of epoxide rings is 1. The highest BCUT2D eigenvalue weighted by molar-refractivity contribution is 7.93. The van der Waals surface area contributed by atoms with Gasteiger partial charge in [0.2, 0.25) is 0 Å². The second-order valence-electron chi connectivity index (χ2n) is 6.83. The van der Waals surface area contributed by atoms with Crippen LogP contribution in [0.15, 0.2) is 83.8 Å². The van der Waals surface area contributed by atoms with Crippen LogP contribution in [0.5, 0.6) is 5.75 Å². The van der Waals surface area contributed by atoms with Crippen LogP contribution >= 0.6 is 0 Å². The normalized spacial score (nSPS) is 16.0. The number of hydrogen-bond donors (Lipinski definition) is 0. The summed E-state index contributed by atoms with van der Waals surface area (Å²) in [6.07, 6.45) is -5.24. The van der Waals surface area contributed by atoms with E-state index in [4.69, 9.17) is 9.47 Å². The second-order valence-corrected chi connectivity index (χ2v) is 8.59. The van der Waals surface area contributed by atoms with E-state index in [1.807, 2.05) is 0 Å². The molecule has 4 rings (SSSR count). The SMILES string of the molecule is O=S(=O)(c1cccc(OCC2CO2)c1C(F)(F)F)N(c1ccccc1)c1ccccc1. The van der Waals surface area contributed by atoms with Crippen molar-refractivity contribution in [3.05, 3.63) is 84.4 Å². The van der Waals surface area contributed by atoms with E-state index in [0.29, 0.717) is 6.61 Å². The Kier molecular flexibility index (Phi) is 5.63. The van der Waals surface area contributed by atoms with E-state index < -0.39 is 32.4 Å². The van der Waals surface area contributed by atoms with Gasteiger partial charge in [0, 0.05) is 0 Å². The zero-order valence-corrected chi connectivity index (χ0v) is 16.9. The standard InChI is InChI=1S/C22H18F3NO4S/c23-22(24,25)21-19(30-15-18-14-29-18)12-7-13-20(21)31(27,28)26(16-8-3-1-4-9-16)17-10-5-2-6-11-17/h1-13,18H,14-15H2. The van der Waals surface area contributed by atoms with Crippen molar-refractivity contribution in [1.29, 1.82) is 0 Å². The first kappa shape index (κ1) is 21.2. The van der Waals surface area contributed by atoms with Gasteiger partial charge in [-0.15, -0.1) is 0 Å². The number of rotatable bonds is 7. The van der Waals surface area contributed by atoms with Crippen molar-refractivity contribution >= 4 is 21.4 Å². The summed E-state index contributed by atoms with van der Waals surface area (Å²) in [6.45, 7) is 0.308. The lowest BCUT2D eigenvalue weighted by atomic mass is 10.2.